The Kier molecular flexibility index (Phi) is 3.38. The van der Waals surface area contributed by atoms with E-state index >= 15 is 0 Å². The van der Waals surface area contributed by atoms with Crippen LogP contribution in [0, 0.1) is 6.07 Å². The predicted octanol–water partition coefficient (Wildman–Crippen LogP) is 3.22. The summed E-state index contributed by atoms with van der Waals surface area (Å²) in [5.74, 6) is 0.321. The highest BCUT2D eigenvalue weighted by molar-refractivity contribution is 6.29. The van der Waals surface area contributed by atoms with Gasteiger partial charge in [-0.2, -0.15) is 5.10 Å². The first-order valence-corrected chi connectivity index (χ1v) is 5.41. The Morgan fingerprint density at radius 2 is 2.29 bits per heavy atom. The van der Waals surface area contributed by atoms with E-state index in [9.17, 15) is 8.78 Å². The molecule has 0 N–H and O–H groups in total. The molecule has 0 fully saturated rings. The van der Waals surface area contributed by atoms with Crippen molar-refractivity contribution in [3.63, 3.8) is 0 Å². The molecular formula is C11H9ClF2N3. The first-order chi connectivity index (χ1) is 8.11. The van der Waals surface area contributed by atoms with E-state index in [0.29, 0.717) is 17.9 Å². The quantitative estimate of drug-likeness (QED) is 0.790. The highest BCUT2D eigenvalue weighted by Gasteiger charge is 2.16. The number of alkyl halides is 2. The number of rotatable bonds is 3. The van der Waals surface area contributed by atoms with Gasteiger partial charge in [0.15, 0.2) is 5.82 Å². The van der Waals surface area contributed by atoms with Crippen molar-refractivity contribution in [2.75, 3.05) is 0 Å². The van der Waals surface area contributed by atoms with Gasteiger partial charge in [0.05, 0.1) is 0 Å². The maximum Gasteiger partial charge on any atom is 0.282 e. The molecule has 0 unspecified atom stereocenters. The molecule has 6 heteroatoms. The summed E-state index contributed by atoms with van der Waals surface area (Å²) in [6, 6.07) is 7.32. The number of pyridine rings is 1. The van der Waals surface area contributed by atoms with Crippen LogP contribution >= 0.6 is 11.6 Å². The van der Waals surface area contributed by atoms with Gasteiger partial charge in [0.25, 0.3) is 6.43 Å². The molecule has 0 spiro atoms. The van der Waals surface area contributed by atoms with Crippen LogP contribution in [-0.2, 0) is 6.42 Å². The number of nitrogens with zero attached hydrogens (tertiary/aromatic N) is 3. The molecule has 0 aromatic carbocycles. The first kappa shape index (κ1) is 12.0. The van der Waals surface area contributed by atoms with Crippen molar-refractivity contribution in [1.82, 2.24) is 14.8 Å². The number of aryl methyl sites for hydroxylation is 1. The number of halogens is 3. The van der Waals surface area contributed by atoms with Gasteiger partial charge in [0.2, 0.25) is 0 Å². The highest BCUT2D eigenvalue weighted by Crippen LogP contribution is 2.21. The van der Waals surface area contributed by atoms with E-state index < -0.39 is 6.43 Å². The van der Waals surface area contributed by atoms with E-state index in [4.69, 9.17) is 11.6 Å². The second kappa shape index (κ2) is 4.79. The minimum absolute atomic E-state index is 0.267. The smallest absolute Gasteiger partial charge is 0.218 e. The SMILES string of the molecule is CCc1cc(C(F)F)nn1-c1[c]ccc(Cl)n1. The normalized spacial score (nSPS) is 11.1. The zero-order valence-corrected chi connectivity index (χ0v) is 9.75. The Bertz CT molecular complexity index is 525. The van der Waals surface area contributed by atoms with Crippen LogP contribution in [0.25, 0.3) is 5.82 Å². The minimum Gasteiger partial charge on any atom is -0.218 e. The maximum atomic E-state index is 12.6. The Labute approximate surface area is 102 Å². The standard InChI is InChI=1S/C11H9ClF2N3/c1-2-7-6-8(11(13)14)16-17(7)10-5-3-4-9(12)15-10/h3-4,6,11H,2H2,1H3. The summed E-state index contributed by atoms with van der Waals surface area (Å²) in [4.78, 5) is 3.99. The molecule has 2 heterocycles. The van der Waals surface area contributed by atoms with Gasteiger partial charge in [-0.05, 0) is 24.6 Å². The fourth-order valence-corrected chi connectivity index (χ4v) is 1.59. The molecule has 0 aliphatic rings. The third-order valence-electron chi connectivity index (χ3n) is 2.23. The second-order valence-electron chi connectivity index (χ2n) is 3.36. The van der Waals surface area contributed by atoms with Crippen LogP contribution < -0.4 is 0 Å². The number of aromatic nitrogens is 3. The van der Waals surface area contributed by atoms with E-state index in [1.807, 2.05) is 6.92 Å². The first-order valence-electron chi connectivity index (χ1n) is 5.03. The molecule has 0 aliphatic carbocycles. The van der Waals surface area contributed by atoms with Gasteiger partial charge in [-0.1, -0.05) is 18.5 Å². The second-order valence-corrected chi connectivity index (χ2v) is 3.75. The summed E-state index contributed by atoms with van der Waals surface area (Å²) in [5.41, 5.74) is 0.378. The summed E-state index contributed by atoms with van der Waals surface area (Å²) < 4.78 is 26.5. The van der Waals surface area contributed by atoms with Gasteiger partial charge in [-0.15, -0.1) is 0 Å². The van der Waals surface area contributed by atoms with Crippen LogP contribution in [-0.4, -0.2) is 14.8 Å². The lowest BCUT2D eigenvalue weighted by Gasteiger charge is -2.03. The third kappa shape index (κ3) is 2.44. The van der Waals surface area contributed by atoms with Crippen molar-refractivity contribution in [2.45, 2.75) is 19.8 Å². The zero-order chi connectivity index (χ0) is 12.4. The highest BCUT2D eigenvalue weighted by atomic mass is 35.5. The lowest BCUT2D eigenvalue weighted by molar-refractivity contribution is 0.145. The fraction of sp³-hybridized carbons (Fsp3) is 0.273. The number of hydrogen-bond donors (Lipinski definition) is 0. The van der Waals surface area contributed by atoms with Crippen LogP contribution in [0.4, 0.5) is 8.78 Å². The molecule has 2 rings (SSSR count). The summed E-state index contributed by atoms with van der Waals surface area (Å²) in [6.45, 7) is 1.85. The van der Waals surface area contributed by atoms with Gasteiger partial charge in [-0.3, -0.25) is 0 Å². The van der Waals surface area contributed by atoms with Crippen LogP contribution in [0.15, 0.2) is 18.2 Å². The topological polar surface area (TPSA) is 30.7 Å². The van der Waals surface area contributed by atoms with Crippen LogP contribution in [0.1, 0.15) is 24.7 Å². The monoisotopic (exact) mass is 256 g/mol. The Hall–Kier alpha value is -1.49. The Morgan fingerprint density at radius 1 is 1.53 bits per heavy atom. The van der Waals surface area contributed by atoms with Gasteiger partial charge in [-0.25, -0.2) is 18.4 Å². The molecule has 0 aliphatic heterocycles. The summed E-state index contributed by atoms with van der Waals surface area (Å²) in [7, 11) is 0. The molecule has 3 nitrogen and oxygen atoms in total. The minimum atomic E-state index is -2.60. The molecule has 0 saturated carbocycles. The van der Waals surface area contributed by atoms with E-state index in [-0.39, 0.29) is 10.8 Å². The molecule has 0 bridgehead atoms. The fourth-order valence-electron chi connectivity index (χ4n) is 1.45. The van der Waals surface area contributed by atoms with Crippen LogP contribution in [0.2, 0.25) is 5.15 Å². The zero-order valence-electron chi connectivity index (χ0n) is 8.99. The van der Waals surface area contributed by atoms with Crippen LogP contribution in [0.5, 0.6) is 0 Å². The van der Waals surface area contributed by atoms with Crippen molar-refractivity contribution >= 4 is 11.6 Å². The summed E-state index contributed by atoms with van der Waals surface area (Å²) >= 11 is 5.74. The molecule has 17 heavy (non-hydrogen) atoms. The van der Waals surface area contributed by atoms with Gasteiger partial charge < -0.3 is 0 Å². The summed E-state index contributed by atoms with van der Waals surface area (Å²) in [5, 5.41) is 4.08. The lowest BCUT2D eigenvalue weighted by Crippen LogP contribution is -2.04. The average Bonchev–Trinajstić information content (AvgIpc) is 2.73. The largest absolute Gasteiger partial charge is 0.282 e. The molecule has 2 aromatic heterocycles. The third-order valence-corrected chi connectivity index (χ3v) is 2.44. The van der Waals surface area contributed by atoms with Gasteiger partial charge >= 0.3 is 0 Å². The van der Waals surface area contributed by atoms with Gasteiger partial charge in [0.1, 0.15) is 10.8 Å². The van der Waals surface area contributed by atoms with Crippen molar-refractivity contribution < 1.29 is 8.78 Å². The molecule has 1 radical (unpaired) electrons. The molecule has 2 aromatic rings. The van der Waals surface area contributed by atoms with Crippen molar-refractivity contribution in [3.05, 3.63) is 40.8 Å². The Balaban J connectivity index is 2.50. The maximum absolute atomic E-state index is 12.6. The van der Waals surface area contributed by atoms with E-state index in [1.165, 1.54) is 10.7 Å². The Morgan fingerprint density at radius 3 is 2.88 bits per heavy atom. The van der Waals surface area contributed by atoms with E-state index in [0.717, 1.165) is 0 Å². The van der Waals surface area contributed by atoms with Crippen molar-refractivity contribution in [1.29, 1.82) is 0 Å². The van der Waals surface area contributed by atoms with Gasteiger partial charge in [0, 0.05) is 11.8 Å². The lowest BCUT2D eigenvalue weighted by atomic mass is 10.3. The van der Waals surface area contributed by atoms with Crippen LogP contribution in [0.3, 0.4) is 0 Å². The van der Waals surface area contributed by atoms with Crippen molar-refractivity contribution in [3.8, 4) is 5.82 Å². The van der Waals surface area contributed by atoms with Crippen molar-refractivity contribution in [2.24, 2.45) is 0 Å². The molecule has 0 amide bonds. The average molecular weight is 257 g/mol. The molecule has 0 atom stereocenters. The molecular weight excluding hydrogens is 248 g/mol. The number of hydrogen-bond acceptors (Lipinski definition) is 2. The predicted molar refractivity (Wildman–Crippen MR) is 59.5 cm³/mol. The summed E-state index contributed by atoms with van der Waals surface area (Å²) in [6.07, 6.45) is -2.03. The molecule has 0 saturated heterocycles. The molecule has 89 valence electrons. The van der Waals surface area contributed by atoms with E-state index in [1.54, 1.807) is 12.1 Å². The van der Waals surface area contributed by atoms with E-state index in [2.05, 4.69) is 16.1 Å².